The number of aromatic nitrogens is 5. The minimum Gasteiger partial charge on any atom is -0.366 e. The van der Waals surface area contributed by atoms with Gasteiger partial charge in [-0.2, -0.15) is 0 Å². The van der Waals surface area contributed by atoms with Gasteiger partial charge in [0.1, 0.15) is 12.2 Å². The fraction of sp³-hybridized carbons (Fsp3) is 0.333. The summed E-state index contributed by atoms with van der Waals surface area (Å²) in [5, 5.41) is 3.89. The molecule has 7 nitrogen and oxygen atoms in total. The maximum absolute atomic E-state index is 11.4. The van der Waals surface area contributed by atoms with Gasteiger partial charge in [-0.1, -0.05) is 13.8 Å². The van der Waals surface area contributed by atoms with Gasteiger partial charge in [0.25, 0.3) is 5.56 Å². The van der Waals surface area contributed by atoms with Gasteiger partial charge in [0.05, 0.1) is 0 Å². The number of hydrogen-bond acceptors (Lipinski definition) is 5. The van der Waals surface area contributed by atoms with Crippen molar-refractivity contribution in [3.63, 3.8) is 0 Å². The van der Waals surface area contributed by atoms with Crippen molar-refractivity contribution in [3.05, 3.63) is 28.6 Å². The molecule has 0 aromatic carbocycles. The van der Waals surface area contributed by atoms with Gasteiger partial charge in [0, 0.05) is 12.0 Å². The smallest absolute Gasteiger partial charge is 0.253 e. The first-order valence-electron chi connectivity index (χ1n) is 4.85. The number of H-pyrrole nitrogens is 1. The van der Waals surface area contributed by atoms with Crippen molar-refractivity contribution in [2.45, 2.75) is 19.8 Å². The lowest BCUT2D eigenvalue weighted by Gasteiger charge is -2.05. The molecule has 0 bridgehead atoms. The Balaban J connectivity index is 2.53. The molecule has 84 valence electrons. The molecule has 0 aliphatic carbocycles. The summed E-state index contributed by atoms with van der Waals surface area (Å²) in [6.45, 7) is 3.88. The van der Waals surface area contributed by atoms with Crippen LogP contribution < -0.4 is 11.3 Å². The number of nitrogens with one attached hydrogen (secondary N) is 1. The Bertz CT molecular complexity index is 555. The van der Waals surface area contributed by atoms with E-state index in [9.17, 15) is 4.79 Å². The Kier molecular flexibility index (Phi) is 2.43. The van der Waals surface area contributed by atoms with E-state index in [0.717, 1.165) is 0 Å². The van der Waals surface area contributed by atoms with Crippen LogP contribution in [-0.4, -0.2) is 24.7 Å². The zero-order valence-corrected chi connectivity index (χ0v) is 9.01. The molecule has 0 amide bonds. The van der Waals surface area contributed by atoms with Crippen LogP contribution in [-0.2, 0) is 0 Å². The van der Waals surface area contributed by atoms with Crippen LogP contribution in [0.2, 0.25) is 0 Å². The summed E-state index contributed by atoms with van der Waals surface area (Å²) in [7, 11) is 0. The average molecular weight is 220 g/mol. The summed E-state index contributed by atoms with van der Waals surface area (Å²) in [5.41, 5.74) is 5.18. The number of rotatable bonds is 2. The van der Waals surface area contributed by atoms with Crippen LogP contribution in [0.5, 0.6) is 0 Å². The van der Waals surface area contributed by atoms with Crippen LogP contribution in [0.15, 0.2) is 17.2 Å². The lowest BCUT2D eigenvalue weighted by molar-refractivity contribution is 0.738. The van der Waals surface area contributed by atoms with Gasteiger partial charge in [-0.25, -0.2) is 14.6 Å². The lowest BCUT2D eigenvalue weighted by Crippen LogP contribution is -2.15. The zero-order valence-electron chi connectivity index (χ0n) is 9.01. The first-order chi connectivity index (χ1) is 7.56. The summed E-state index contributed by atoms with van der Waals surface area (Å²) in [6, 6.07) is 1.35. The first kappa shape index (κ1) is 10.3. The van der Waals surface area contributed by atoms with Gasteiger partial charge in [0.15, 0.2) is 5.82 Å². The van der Waals surface area contributed by atoms with E-state index in [2.05, 4.69) is 20.1 Å². The van der Waals surface area contributed by atoms with Crippen LogP contribution in [0.25, 0.3) is 5.82 Å². The normalized spacial score (nSPS) is 10.9. The van der Waals surface area contributed by atoms with Crippen LogP contribution >= 0.6 is 0 Å². The predicted molar refractivity (Wildman–Crippen MR) is 58.3 cm³/mol. The zero-order chi connectivity index (χ0) is 11.7. The molecular weight excluding hydrogens is 208 g/mol. The van der Waals surface area contributed by atoms with Gasteiger partial charge in [-0.3, -0.25) is 4.79 Å². The Labute approximate surface area is 91.4 Å². The fourth-order valence-electron chi connectivity index (χ4n) is 1.24. The lowest BCUT2D eigenvalue weighted by atomic mass is 10.2. The minimum absolute atomic E-state index is 0.133. The molecule has 0 aliphatic rings. The van der Waals surface area contributed by atoms with Crippen molar-refractivity contribution in [1.29, 1.82) is 0 Å². The van der Waals surface area contributed by atoms with E-state index in [4.69, 9.17) is 5.73 Å². The number of nitrogen functional groups attached to an aromatic ring is 1. The summed E-state index contributed by atoms with van der Waals surface area (Å²) in [4.78, 5) is 22.1. The van der Waals surface area contributed by atoms with Crippen molar-refractivity contribution in [2.24, 2.45) is 0 Å². The number of hydrogen-bond donors (Lipinski definition) is 2. The Morgan fingerprint density at radius 2 is 2.25 bits per heavy atom. The molecule has 0 radical (unpaired) electrons. The van der Waals surface area contributed by atoms with E-state index >= 15 is 0 Å². The molecule has 2 aromatic heterocycles. The van der Waals surface area contributed by atoms with Crippen molar-refractivity contribution in [3.8, 4) is 5.82 Å². The molecule has 7 heteroatoms. The molecule has 2 aromatic rings. The third kappa shape index (κ3) is 1.92. The Morgan fingerprint density at radius 1 is 1.50 bits per heavy atom. The summed E-state index contributed by atoms with van der Waals surface area (Å²) < 4.78 is 1.37. The summed E-state index contributed by atoms with van der Waals surface area (Å²) in [5.74, 6) is 1.30. The van der Waals surface area contributed by atoms with E-state index < -0.39 is 0 Å². The standard InChI is InChI=1S/C9H12N6O/c1-5(2)8-12-6(3-7(16)13-8)15-4-11-9(10)14-15/h3-5H,1-2H3,(H2,10,14)(H,12,13,16). The average Bonchev–Trinajstić information content (AvgIpc) is 2.64. The second kappa shape index (κ2) is 3.76. The maximum Gasteiger partial charge on any atom is 0.253 e. The molecule has 0 saturated heterocycles. The van der Waals surface area contributed by atoms with Crippen LogP contribution in [0.3, 0.4) is 0 Å². The van der Waals surface area contributed by atoms with Crippen molar-refractivity contribution in [1.82, 2.24) is 24.7 Å². The first-order valence-corrected chi connectivity index (χ1v) is 4.85. The molecule has 2 heterocycles. The molecule has 0 fully saturated rings. The molecular formula is C9H12N6O. The third-order valence-electron chi connectivity index (χ3n) is 2.04. The van der Waals surface area contributed by atoms with E-state index in [1.807, 2.05) is 13.8 Å². The van der Waals surface area contributed by atoms with Crippen molar-refractivity contribution < 1.29 is 0 Å². The van der Waals surface area contributed by atoms with Gasteiger partial charge >= 0.3 is 0 Å². The van der Waals surface area contributed by atoms with Gasteiger partial charge in [-0.15, -0.1) is 5.10 Å². The molecule has 0 saturated carbocycles. The van der Waals surface area contributed by atoms with Crippen LogP contribution in [0.4, 0.5) is 5.95 Å². The monoisotopic (exact) mass is 220 g/mol. The molecule has 2 rings (SSSR count). The quantitative estimate of drug-likeness (QED) is 0.744. The van der Waals surface area contributed by atoms with Gasteiger partial charge in [-0.05, 0) is 0 Å². The highest BCUT2D eigenvalue weighted by Gasteiger charge is 2.07. The number of anilines is 1. The topological polar surface area (TPSA) is 102 Å². The largest absolute Gasteiger partial charge is 0.366 e. The number of aromatic amines is 1. The highest BCUT2D eigenvalue weighted by Crippen LogP contribution is 2.08. The fourth-order valence-corrected chi connectivity index (χ4v) is 1.24. The Morgan fingerprint density at radius 3 is 2.81 bits per heavy atom. The highest BCUT2D eigenvalue weighted by atomic mass is 16.1. The SMILES string of the molecule is CC(C)c1nc(-n2cnc(N)n2)cc(=O)[nH]1. The molecule has 0 spiro atoms. The predicted octanol–water partition coefficient (Wildman–Crippen LogP) is 0.0562. The van der Waals surface area contributed by atoms with Crippen LogP contribution in [0, 0.1) is 0 Å². The van der Waals surface area contributed by atoms with Crippen LogP contribution in [0.1, 0.15) is 25.6 Å². The number of nitrogens with two attached hydrogens (primary N) is 1. The second-order valence-corrected chi connectivity index (χ2v) is 3.69. The molecule has 0 atom stereocenters. The van der Waals surface area contributed by atoms with E-state index in [1.54, 1.807) is 0 Å². The maximum atomic E-state index is 11.4. The molecule has 16 heavy (non-hydrogen) atoms. The third-order valence-corrected chi connectivity index (χ3v) is 2.04. The van der Waals surface area contributed by atoms with E-state index in [0.29, 0.717) is 11.6 Å². The van der Waals surface area contributed by atoms with E-state index in [1.165, 1.54) is 17.1 Å². The molecule has 0 aliphatic heterocycles. The van der Waals surface area contributed by atoms with Crippen molar-refractivity contribution >= 4 is 5.95 Å². The molecule has 0 unspecified atom stereocenters. The highest BCUT2D eigenvalue weighted by molar-refractivity contribution is 5.22. The van der Waals surface area contributed by atoms with Gasteiger partial charge in [0.2, 0.25) is 5.95 Å². The second-order valence-electron chi connectivity index (χ2n) is 3.69. The summed E-state index contributed by atoms with van der Waals surface area (Å²) in [6.07, 6.45) is 1.42. The van der Waals surface area contributed by atoms with E-state index in [-0.39, 0.29) is 17.4 Å². The summed E-state index contributed by atoms with van der Waals surface area (Å²) >= 11 is 0. The van der Waals surface area contributed by atoms with Crippen molar-refractivity contribution in [2.75, 3.05) is 5.73 Å². The number of nitrogens with zero attached hydrogens (tertiary/aromatic N) is 4. The molecule has 3 N–H and O–H groups in total. The Hall–Kier alpha value is -2.18. The minimum atomic E-state index is -0.220. The van der Waals surface area contributed by atoms with Gasteiger partial charge < -0.3 is 10.7 Å².